The first-order chi connectivity index (χ1) is 10.7. The van der Waals surface area contributed by atoms with Crippen LogP contribution in [0.3, 0.4) is 0 Å². The van der Waals surface area contributed by atoms with Crippen molar-refractivity contribution in [3.05, 3.63) is 60.2 Å². The maximum absolute atomic E-state index is 12.0. The van der Waals surface area contributed by atoms with Gasteiger partial charge in [0.15, 0.2) is 0 Å². The summed E-state index contributed by atoms with van der Waals surface area (Å²) < 4.78 is 5.22. The smallest absolute Gasteiger partial charge is 0.253 e. The van der Waals surface area contributed by atoms with E-state index >= 15 is 0 Å². The fraction of sp³-hybridized carbons (Fsp3) is 0.176. The Bertz CT molecular complexity index is 644. The third-order valence-corrected chi connectivity index (χ3v) is 4.05. The highest BCUT2D eigenvalue weighted by atomic mass is 32.2. The van der Waals surface area contributed by atoms with Crippen molar-refractivity contribution >= 4 is 23.9 Å². The molecule has 0 bridgehead atoms. The number of methoxy groups -OCH3 is 1. The van der Waals surface area contributed by atoms with Crippen LogP contribution in [-0.2, 0) is 4.79 Å². The Labute approximate surface area is 134 Å². The van der Waals surface area contributed by atoms with Crippen molar-refractivity contribution in [1.29, 1.82) is 0 Å². The fourth-order valence-corrected chi connectivity index (χ4v) is 2.67. The highest BCUT2D eigenvalue weighted by molar-refractivity contribution is 8.00. The van der Waals surface area contributed by atoms with E-state index in [1.165, 1.54) is 11.8 Å². The summed E-state index contributed by atoms with van der Waals surface area (Å²) in [5.41, 5.74) is 3.37. The van der Waals surface area contributed by atoms with Gasteiger partial charge in [0.1, 0.15) is 5.75 Å². The van der Waals surface area contributed by atoms with Crippen molar-refractivity contribution < 1.29 is 9.53 Å². The molecule has 0 aliphatic heterocycles. The molecule has 0 aliphatic carbocycles. The summed E-state index contributed by atoms with van der Waals surface area (Å²) >= 11 is 1.49. The van der Waals surface area contributed by atoms with Gasteiger partial charge in [0, 0.05) is 10.5 Å². The van der Waals surface area contributed by atoms with Crippen LogP contribution in [0.25, 0.3) is 0 Å². The molecule has 2 rings (SSSR count). The van der Waals surface area contributed by atoms with Gasteiger partial charge < -0.3 is 4.74 Å². The van der Waals surface area contributed by atoms with Crippen molar-refractivity contribution in [2.75, 3.05) is 7.11 Å². The van der Waals surface area contributed by atoms with Gasteiger partial charge in [-0.2, -0.15) is 5.10 Å². The number of hydrazone groups is 1. The van der Waals surface area contributed by atoms with Gasteiger partial charge in [-0.05, 0) is 31.2 Å². The molecule has 0 unspecified atom stereocenters. The Morgan fingerprint density at radius 2 is 1.86 bits per heavy atom. The first-order valence-corrected chi connectivity index (χ1v) is 7.76. The van der Waals surface area contributed by atoms with Crippen molar-refractivity contribution in [3.8, 4) is 5.75 Å². The maximum atomic E-state index is 12.0. The summed E-state index contributed by atoms with van der Waals surface area (Å²) in [5, 5.41) is 3.77. The molecule has 114 valence electrons. The van der Waals surface area contributed by atoms with E-state index < -0.39 is 0 Å². The van der Waals surface area contributed by atoms with Gasteiger partial charge in [0.2, 0.25) is 0 Å². The van der Waals surface area contributed by atoms with Crippen LogP contribution in [0.1, 0.15) is 12.5 Å². The molecule has 1 N–H and O–H groups in total. The quantitative estimate of drug-likeness (QED) is 0.505. The summed E-state index contributed by atoms with van der Waals surface area (Å²) in [6.45, 7) is 1.85. The Hall–Kier alpha value is -2.27. The van der Waals surface area contributed by atoms with Crippen LogP contribution in [0, 0.1) is 0 Å². The lowest BCUT2D eigenvalue weighted by Gasteiger charge is -2.09. The minimum atomic E-state index is -0.225. The number of nitrogens with zero attached hydrogens (tertiary/aromatic N) is 1. The van der Waals surface area contributed by atoms with Gasteiger partial charge in [-0.1, -0.05) is 30.3 Å². The number of benzene rings is 2. The van der Waals surface area contributed by atoms with Crippen LogP contribution in [0.15, 0.2) is 64.6 Å². The van der Waals surface area contributed by atoms with E-state index in [0.29, 0.717) is 5.75 Å². The minimum Gasteiger partial charge on any atom is -0.496 e. The highest BCUT2D eigenvalue weighted by Gasteiger charge is 2.13. The van der Waals surface area contributed by atoms with E-state index in [2.05, 4.69) is 10.5 Å². The number of hydrogen-bond donors (Lipinski definition) is 1. The highest BCUT2D eigenvalue weighted by Crippen LogP contribution is 2.22. The first-order valence-electron chi connectivity index (χ1n) is 6.88. The molecule has 0 aliphatic rings. The molecule has 4 nitrogen and oxygen atoms in total. The predicted molar refractivity (Wildman–Crippen MR) is 90.5 cm³/mol. The maximum Gasteiger partial charge on any atom is 0.253 e. The molecule has 1 amide bonds. The van der Waals surface area contributed by atoms with Crippen molar-refractivity contribution in [1.82, 2.24) is 5.43 Å². The lowest BCUT2D eigenvalue weighted by Crippen LogP contribution is -2.26. The van der Waals surface area contributed by atoms with Crippen molar-refractivity contribution in [3.63, 3.8) is 0 Å². The van der Waals surface area contributed by atoms with Crippen LogP contribution in [0.4, 0.5) is 0 Å². The van der Waals surface area contributed by atoms with Crippen LogP contribution < -0.4 is 10.2 Å². The second kappa shape index (κ2) is 8.24. The lowest BCUT2D eigenvalue weighted by atomic mass is 10.2. The van der Waals surface area contributed by atoms with Gasteiger partial charge in [-0.25, -0.2) is 5.43 Å². The van der Waals surface area contributed by atoms with E-state index in [4.69, 9.17) is 4.74 Å². The molecule has 0 heterocycles. The van der Waals surface area contributed by atoms with Gasteiger partial charge in [-0.15, -0.1) is 11.8 Å². The van der Waals surface area contributed by atoms with E-state index in [0.717, 1.165) is 10.5 Å². The lowest BCUT2D eigenvalue weighted by molar-refractivity contribution is -0.120. The summed E-state index contributed by atoms with van der Waals surface area (Å²) in [6.07, 6.45) is 1.58. The second-order valence-corrected chi connectivity index (χ2v) is 5.96. The Morgan fingerprint density at radius 1 is 1.18 bits per heavy atom. The van der Waals surface area contributed by atoms with Crippen LogP contribution in [0.2, 0.25) is 0 Å². The van der Waals surface area contributed by atoms with Gasteiger partial charge >= 0.3 is 0 Å². The van der Waals surface area contributed by atoms with Crippen molar-refractivity contribution in [2.45, 2.75) is 17.1 Å². The molecule has 2 aromatic rings. The topological polar surface area (TPSA) is 50.7 Å². The number of ether oxygens (including phenoxy) is 1. The predicted octanol–water partition coefficient (Wildman–Crippen LogP) is 3.33. The minimum absolute atomic E-state index is 0.139. The Morgan fingerprint density at radius 3 is 2.59 bits per heavy atom. The van der Waals surface area contributed by atoms with E-state index in [1.807, 2.05) is 61.5 Å². The molecular weight excluding hydrogens is 296 g/mol. The molecule has 0 fully saturated rings. The molecule has 0 aromatic heterocycles. The molecule has 0 spiro atoms. The third-order valence-electron chi connectivity index (χ3n) is 2.94. The van der Waals surface area contributed by atoms with Gasteiger partial charge in [0.25, 0.3) is 5.91 Å². The van der Waals surface area contributed by atoms with Crippen LogP contribution in [-0.4, -0.2) is 24.5 Å². The number of thioether (sulfide) groups is 1. The zero-order valence-corrected chi connectivity index (χ0v) is 13.3. The Balaban J connectivity index is 1.90. The summed E-state index contributed by atoms with van der Waals surface area (Å²) in [4.78, 5) is 13.1. The number of carbonyl (C=O) groups excluding carboxylic acids is 1. The van der Waals surface area contributed by atoms with Crippen LogP contribution in [0.5, 0.6) is 5.75 Å². The van der Waals surface area contributed by atoms with E-state index in [1.54, 1.807) is 13.3 Å². The molecule has 1 atom stereocenters. The second-order valence-electron chi connectivity index (χ2n) is 4.55. The SMILES string of the molecule is COc1ccccc1/C=N\NC(=O)[C@H](C)Sc1ccccc1. The number of nitrogens with one attached hydrogen (secondary N) is 1. The number of hydrogen-bond acceptors (Lipinski definition) is 4. The first kappa shape index (κ1) is 16.1. The molecular formula is C17H18N2O2S. The standard InChI is InChI=1S/C17H18N2O2S/c1-13(22-15-9-4-3-5-10-15)17(20)19-18-12-14-8-6-7-11-16(14)21-2/h3-13H,1-2H3,(H,19,20)/b18-12-/t13-/m0/s1. The van der Waals surface area contributed by atoms with Crippen molar-refractivity contribution in [2.24, 2.45) is 5.10 Å². The van der Waals surface area contributed by atoms with E-state index in [9.17, 15) is 4.79 Å². The third kappa shape index (κ3) is 4.63. The molecule has 22 heavy (non-hydrogen) atoms. The zero-order valence-electron chi connectivity index (χ0n) is 12.5. The number of rotatable bonds is 6. The van der Waals surface area contributed by atoms with Gasteiger partial charge in [-0.3, -0.25) is 4.79 Å². The average molecular weight is 314 g/mol. The number of para-hydroxylation sites is 1. The summed E-state index contributed by atoms with van der Waals surface area (Å²) in [6, 6.07) is 17.3. The molecule has 0 radical (unpaired) electrons. The molecule has 0 saturated carbocycles. The Kier molecular flexibility index (Phi) is 6.03. The monoisotopic (exact) mass is 314 g/mol. The number of amides is 1. The molecule has 0 saturated heterocycles. The normalized spacial score (nSPS) is 12.1. The molecule has 2 aromatic carbocycles. The largest absolute Gasteiger partial charge is 0.496 e. The number of carbonyl (C=O) groups is 1. The van der Waals surface area contributed by atoms with E-state index in [-0.39, 0.29) is 11.2 Å². The summed E-state index contributed by atoms with van der Waals surface area (Å²) in [7, 11) is 1.60. The van der Waals surface area contributed by atoms with Gasteiger partial charge in [0.05, 0.1) is 18.6 Å². The summed E-state index contributed by atoms with van der Waals surface area (Å²) in [5.74, 6) is 0.576. The zero-order chi connectivity index (χ0) is 15.8. The van der Waals surface area contributed by atoms with Crippen LogP contribution >= 0.6 is 11.8 Å². The average Bonchev–Trinajstić information content (AvgIpc) is 2.56. The molecule has 5 heteroatoms. The fourth-order valence-electron chi connectivity index (χ4n) is 1.79.